The number of nitrogens with one attached hydrogen (secondary N) is 1. The van der Waals surface area contributed by atoms with E-state index >= 15 is 0 Å². The van der Waals surface area contributed by atoms with Crippen molar-refractivity contribution in [2.24, 2.45) is 5.92 Å². The normalized spacial score (nSPS) is 10.6. The summed E-state index contributed by atoms with van der Waals surface area (Å²) in [6.07, 6.45) is -0.182. The number of methoxy groups -OCH3 is 2. The van der Waals surface area contributed by atoms with Gasteiger partial charge in [0.2, 0.25) is 5.91 Å². The van der Waals surface area contributed by atoms with E-state index in [4.69, 9.17) is 14.6 Å². The van der Waals surface area contributed by atoms with Crippen molar-refractivity contribution in [2.75, 3.05) is 19.5 Å². The molecule has 8 heteroatoms. The van der Waals surface area contributed by atoms with Crippen LogP contribution in [0.25, 0.3) is 11.3 Å². The Kier molecular flexibility index (Phi) is 5.97. The molecule has 2 rings (SSSR count). The molecule has 0 fully saturated rings. The first kappa shape index (κ1) is 18.7. The van der Waals surface area contributed by atoms with Gasteiger partial charge in [-0.15, -0.1) is 11.3 Å². The zero-order valence-electron chi connectivity index (χ0n) is 14.5. The summed E-state index contributed by atoms with van der Waals surface area (Å²) < 4.78 is 10.5. The maximum absolute atomic E-state index is 11.9. The van der Waals surface area contributed by atoms with E-state index in [9.17, 15) is 9.59 Å². The highest BCUT2D eigenvalue weighted by Gasteiger charge is 2.19. The molecule has 1 aromatic carbocycles. The fourth-order valence-corrected chi connectivity index (χ4v) is 3.10. The van der Waals surface area contributed by atoms with Crippen LogP contribution in [-0.2, 0) is 16.0 Å². The second-order valence-corrected chi connectivity index (χ2v) is 6.66. The summed E-state index contributed by atoms with van der Waals surface area (Å²) in [4.78, 5) is 28.0. The number of hydrogen-bond donors (Lipinski definition) is 2. The van der Waals surface area contributed by atoms with Gasteiger partial charge in [-0.3, -0.25) is 9.59 Å². The van der Waals surface area contributed by atoms with Crippen LogP contribution in [0.5, 0.6) is 11.5 Å². The van der Waals surface area contributed by atoms with Gasteiger partial charge in [0.25, 0.3) is 0 Å². The van der Waals surface area contributed by atoms with E-state index in [1.807, 2.05) is 0 Å². The van der Waals surface area contributed by atoms with Crippen molar-refractivity contribution in [1.82, 2.24) is 4.98 Å². The maximum atomic E-state index is 11.9. The number of benzene rings is 1. The van der Waals surface area contributed by atoms with Gasteiger partial charge in [0.1, 0.15) is 0 Å². The van der Waals surface area contributed by atoms with Gasteiger partial charge in [-0.2, -0.15) is 0 Å². The number of carbonyl (C=O) groups is 2. The van der Waals surface area contributed by atoms with Gasteiger partial charge >= 0.3 is 5.97 Å². The third kappa shape index (κ3) is 4.48. The molecule has 0 saturated carbocycles. The lowest BCUT2D eigenvalue weighted by Crippen LogP contribution is -2.17. The fraction of sp³-hybridized carbons (Fsp3) is 0.353. The van der Waals surface area contributed by atoms with Crippen molar-refractivity contribution in [2.45, 2.75) is 20.3 Å². The zero-order chi connectivity index (χ0) is 18.6. The van der Waals surface area contributed by atoms with Crippen LogP contribution >= 0.6 is 11.3 Å². The summed E-state index contributed by atoms with van der Waals surface area (Å²) in [5.74, 6) is -0.255. The molecule has 0 aliphatic carbocycles. The molecule has 134 valence electrons. The number of aromatic nitrogens is 1. The molecule has 2 aromatic rings. The first-order chi connectivity index (χ1) is 11.8. The Balaban J connectivity index is 2.45. The Morgan fingerprint density at radius 1 is 1.24 bits per heavy atom. The van der Waals surface area contributed by atoms with Crippen LogP contribution in [-0.4, -0.2) is 36.2 Å². The van der Waals surface area contributed by atoms with E-state index in [-0.39, 0.29) is 18.2 Å². The number of carboxylic acids is 1. The van der Waals surface area contributed by atoms with Crippen LogP contribution < -0.4 is 14.8 Å². The second-order valence-electron chi connectivity index (χ2n) is 5.58. The lowest BCUT2D eigenvalue weighted by atomic mass is 10.1. The topological polar surface area (TPSA) is 97.8 Å². The number of thiazole rings is 1. The van der Waals surface area contributed by atoms with E-state index < -0.39 is 5.97 Å². The summed E-state index contributed by atoms with van der Waals surface area (Å²) >= 11 is 1.16. The van der Waals surface area contributed by atoms with Crippen LogP contribution in [0, 0.1) is 5.92 Å². The lowest BCUT2D eigenvalue weighted by molar-refractivity contribution is -0.136. The molecule has 0 aliphatic heterocycles. The van der Waals surface area contributed by atoms with Gasteiger partial charge in [-0.1, -0.05) is 13.8 Å². The van der Waals surface area contributed by atoms with Gasteiger partial charge in [0, 0.05) is 16.4 Å². The Morgan fingerprint density at radius 2 is 1.92 bits per heavy atom. The minimum atomic E-state index is -0.966. The predicted molar refractivity (Wildman–Crippen MR) is 95.5 cm³/mol. The third-order valence-corrected chi connectivity index (χ3v) is 4.39. The van der Waals surface area contributed by atoms with E-state index in [1.54, 1.807) is 32.0 Å². The van der Waals surface area contributed by atoms with E-state index in [2.05, 4.69) is 10.3 Å². The molecule has 1 aromatic heterocycles. The van der Waals surface area contributed by atoms with Crippen LogP contribution in [0.4, 0.5) is 5.13 Å². The Morgan fingerprint density at radius 3 is 2.48 bits per heavy atom. The molecule has 0 aliphatic rings. The monoisotopic (exact) mass is 364 g/mol. The Hall–Kier alpha value is -2.61. The van der Waals surface area contributed by atoms with Crippen molar-refractivity contribution in [3.63, 3.8) is 0 Å². The molecular weight excluding hydrogens is 344 g/mol. The lowest BCUT2D eigenvalue weighted by Gasteiger charge is -2.09. The van der Waals surface area contributed by atoms with Crippen molar-refractivity contribution >= 4 is 28.3 Å². The van der Waals surface area contributed by atoms with Crippen molar-refractivity contribution in [3.8, 4) is 22.8 Å². The van der Waals surface area contributed by atoms with Crippen molar-refractivity contribution in [1.29, 1.82) is 0 Å². The largest absolute Gasteiger partial charge is 0.493 e. The molecule has 0 atom stereocenters. The first-order valence-electron chi connectivity index (χ1n) is 7.60. The van der Waals surface area contributed by atoms with Crippen LogP contribution in [0.2, 0.25) is 0 Å². The standard InChI is InChI=1S/C17H20N2O5S/c1-9(2)16(22)19-17-18-15(13(25-17)8-14(20)21)10-5-6-11(23-3)12(7-10)24-4/h5-7,9H,8H2,1-4H3,(H,20,21)(H,18,19,22). The van der Waals surface area contributed by atoms with Gasteiger partial charge < -0.3 is 19.9 Å². The quantitative estimate of drug-likeness (QED) is 0.784. The first-order valence-corrected chi connectivity index (χ1v) is 8.42. The van der Waals surface area contributed by atoms with Gasteiger partial charge in [-0.05, 0) is 18.2 Å². The van der Waals surface area contributed by atoms with Crippen molar-refractivity contribution < 1.29 is 24.2 Å². The summed E-state index contributed by atoms with van der Waals surface area (Å²) in [6.45, 7) is 3.55. The predicted octanol–water partition coefficient (Wildman–Crippen LogP) is 3.05. The van der Waals surface area contributed by atoms with Gasteiger partial charge in [0.15, 0.2) is 16.6 Å². The molecule has 0 spiro atoms. The van der Waals surface area contributed by atoms with Crippen LogP contribution in [0.1, 0.15) is 18.7 Å². The molecule has 0 bridgehead atoms. The highest BCUT2D eigenvalue weighted by molar-refractivity contribution is 7.16. The Labute approximate surface area is 149 Å². The van der Waals surface area contributed by atoms with Gasteiger partial charge in [-0.25, -0.2) is 4.98 Å². The molecule has 0 saturated heterocycles. The van der Waals surface area contributed by atoms with Crippen LogP contribution in [0.3, 0.4) is 0 Å². The zero-order valence-corrected chi connectivity index (χ0v) is 15.3. The third-order valence-electron chi connectivity index (χ3n) is 3.42. The summed E-state index contributed by atoms with van der Waals surface area (Å²) in [5, 5.41) is 12.2. The van der Waals surface area contributed by atoms with Crippen LogP contribution in [0.15, 0.2) is 18.2 Å². The molecular formula is C17H20N2O5S. The minimum Gasteiger partial charge on any atom is -0.493 e. The summed E-state index contributed by atoms with van der Waals surface area (Å²) in [5.41, 5.74) is 1.20. The number of hydrogen-bond acceptors (Lipinski definition) is 6. The highest BCUT2D eigenvalue weighted by Crippen LogP contribution is 2.36. The maximum Gasteiger partial charge on any atom is 0.308 e. The van der Waals surface area contributed by atoms with E-state index in [0.717, 1.165) is 11.3 Å². The second kappa shape index (κ2) is 7.98. The van der Waals surface area contributed by atoms with E-state index in [1.165, 1.54) is 14.2 Å². The molecule has 0 unspecified atom stereocenters. The molecule has 25 heavy (non-hydrogen) atoms. The van der Waals surface area contributed by atoms with Crippen molar-refractivity contribution in [3.05, 3.63) is 23.1 Å². The number of anilines is 1. The number of carbonyl (C=O) groups excluding carboxylic acids is 1. The molecule has 1 amide bonds. The molecule has 7 nitrogen and oxygen atoms in total. The highest BCUT2D eigenvalue weighted by atomic mass is 32.1. The summed E-state index contributed by atoms with van der Waals surface area (Å²) in [6, 6.07) is 5.23. The fourth-order valence-electron chi connectivity index (χ4n) is 2.12. The number of ether oxygens (including phenoxy) is 2. The average Bonchev–Trinajstić information content (AvgIpc) is 2.95. The smallest absolute Gasteiger partial charge is 0.308 e. The number of rotatable bonds is 7. The number of carboxylic acid groups (broad SMARTS) is 1. The number of aliphatic carboxylic acids is 1. The Bertz CT molecular complexity index is 785. The summed E-state index contributed by atoms with van der Waals surface area (Å²) in [7, 11) is 3.06. The minimum absolute atomic E-state index is 0.172. The van der Waals surface area contributed by atoms with E-state index in [0.29, 0.717) is 32.8 Å². The number of nitrogens with zero attached hydrogens (tertiary/aromatic N) is 1. The molecule has 1 heterocycles. The molecule has 2 N–H and O–H groups in total. The average molecular weight is 364 g/mol. The SMILES string of the molecule is COc1ccc(-c2nc(NC(=O)C(C)C)sc2CC(=O)O)cc1OC. The van der Waals surface area contributed by atoms with Gasteiger partial charge in [0.05, 0.1) is 26.3 Å². The molecule has 0 radical (unpaired) electrons. The number of amides is 1.